The van der Waals surface area contributed by atoms with Crippen molar-refractivity contribution in [3.8, 4) is 5.75 Å². The molecule has 0 aromatic carbocycles. The van der Waals surface area contributed by atoms with E-state index >= 15 is 0 Å². The van der Waals surface area contributed by atoms with E-state index in [1.54, 1.807) is 0 Å². The molecule has 2 heterocycles. The Bertz CT molecular complexity index is 617. The number of hydrogen-bond acceptors (Lipinski definition) is 5. The summed E-state index contributed by atoms with van der Waals surface area (Å²) in [5.74, 6) is 0.435. The van der Waals surface area contributed by atoms with Crippen LogP contribution in [-0.2, 0) is 6.54 Å². The Morgan fingerprint density at radius 3 is 2.85 bits per heavy atom. The summed E-state index contributed by atoms with van der Waals surface area (Å²) >= 11 is 0. The molecule has 0 aliphatic rings. The van der Waals surface area contributed by atoms with E-state index in [2.05, 4.69) is 10.2 Å². The van der Waals surface area contributed by atoms with Crippen LogP contribution >= 0.6 is 0 Å². The molecule has 2 rings (SSSR count). The first-order chi connectivity index (χ1) is 9.60. The topological polar surface area (TPSA) is 88.0 Å². The summed E-state index contributed by atoms with van der Waals surface area (Å²) in [6, 6.07) is 3.58. The predicted molar refractivity (Wildman–Crippen MR) is 74.8 cm³/mol. The molecule has 7 nitrogen and oxygen atoms in total. The van der Waals surface area contributed by atoms with Crippen LogP contribution in [0, 0.1) is 0 Å². The first-order valence-corrected chi connectivity index (χ1v) is 6.54. The third-order valence-electron chi connectivity index (χ3n) is 2.74. The molecule has 0 radical (unpaired) electrons. The van der Waals surface area contributed by atoms with Crippen molar-refractivity contribution in [3.63, 3.8) is 0 Å². The molecule has 0 fully saturated rings. The quantitative estimate of drug-likeness (QED) is 0.826. The van der Waals surface area contributed by atoms with Crippen LogP contribution in [0.25, 0.3) is 0 Å². The average molecular weight is 277 g/mol. The molecule has 2 aromatic heterocycles. The summed E-state index contributed by atoms with van der Waals surface area (Å²) in [6.07, 6.45) is 3.40. The van der Waals surface area contributed by atoms with Crippen molar-refractivity contribution in [1.82, 2.24) is 19.6 Å². The second-order valence-corrected chi connectivity index (χ2v) is 4.71. The SMILES string of the molecule is CC(C)n1ccc(Cn2ncc(OCCN)cc2=O)n1. The van der Waals surface area contributed by atoms with Crippen LogP contribution < -0.4 is 16.0 Å². The third-order valence-corrected chi connectivity index (χ3v) is 2.74. The third kappa shape index (κ3) is 3.45. The van der Waals surface area contributed by atoms with Gasteiger partial charge in [0.2, 0.25) is 0 Å². The molecular weight excluding hydrogens is 258 g/mol. The molecular formula is C13H19N5O2. The minimum atomic E-state index is -0.224. The maximum atomic E-state index is 11.9. The van der Waals surface area contributed by atoms with Crippen molar-refractivity contribution in [2.75, 3.05) is 13.2 Å². The van der Waals surface area contributed by atoms with Gasteiger partial charge in [0.15, 0.2) is 0 Å². The van der Waals surface area contributed by atoms with Crippen molar-refractivity contribution < 1.29 is 4.74 Å². The van der Waals surface area contributed by atoms with Crippen molar-refractivity contribution >= 4 is 0 Å². The zero-order valence-corrected chi connectivity index (χ0v) is 11.7. The Morgan fingerprint density at radius 1 is 1.45 bits per heavy atom. The highest BCUT2D eigenvalue weighted by atomic mass is 16.5. The molecule has 0 unspecified atom stereocenters. The molecule has 0 atom stereocenters. The molecule has 2 aromatic rings. The second-order valence-electron chi connectivity index (χ2n) is 4.71. The number of aromatic nitrogens is 4. The number of rotatable bonds is 6. The van der Waals surface area contributed by atoms with Crippen LogP contribution in [0.15, 0.2) is 29.3 Å². The molecule has 0 saturated heterocycles. The van der Waals surface area contributed by atoms with Gasteiger partial charge in [-0.3, -0.25) is 9.48 Å². The van der Waals surface area contributed by atoms with E-state index in [0.717, 1.165) is 5.69 Å². The molecule has 0 spiro atoms. The Balaban J connectivity index is 2.10. The van der Waals surface area contributed by atoms with Crippen molar-refractivity contribution in [2.24, 2.45) is 5.73 Å². The van der Waals surface area contributed by atoms with Crippen LogP contribution in [0.3, 0.4) is 0 Å². The first-order valence-electron chi connectivity index (χ1n) is 6.54. The Labute approximate surface area is 117 Å². The van der Waals surface area contributed by atoms with Gasteiger partial charge >= 0.3 is 0 Å². The van der Waals surface area contributed by atoms with Crippen LogP contribution in [0.1, 0.15) is 25.6 Å². The second kappa shape index (κ2) is 6.33. The van der Waals surface area contributed by atoms with Gasteiger partial charge in [0.25, 0.3) is 5.56 Å². The number of hydrogen-bond donors (Lipinski definition) is 1. The van der Waals surface area contributed by atoms with Crippen LogP contribution in [0.4, 0.5) is 0 Å². The molecule has 0 aliphatic heterocycles. The highest BCUT2D eigenvalue weighted by molar-refractivity contribution is 5.14. The summed E-state index contributed by atoms with van der Waals surface area (Å²) in [5.41, 5.74) is 5.91. The lowest BCUT2D eigenvalue weighted by Crippen LogP contribution is -2.23. The van der Waals surface area contributed by atoms with Crippen molar-refractivity contribution in [3.05, 3.63) is 40.6 Å². The zero-order chi connectivity index (χ0) is 14.5. The minimum Gasteiger partial charge on any atom is -0.490 e. The average Bonchev–Trinajstić information content (AvgIpc) is 2.88. The number of nitrogens with two attached hydrogens (primary N) is 1. The van der Waals surface area contributed by atoms with E-state index in [1.807, 2.05) is 30.8 Å². The Kier molecular flexibility index (Phi) is 4.52. The van der Waals surface area contributed by atoms with Gasteiger partial charge in [0.05, 0.1) is 18.4 Å². The molecule has 0 amide bonds. The maximum absolute atomic E-state index is 11.9. The summed E-state index contributed by atoms with van der Waals surface area (Å²) in [7, 11) is 0. The highest BCUT2D eigenvalue weighted by Crippen LogP contribution is 2.06. The lowest BCUT2D eigenvalue weighted by atomic mass is 10.4. The summed E-state index contributed by atoms with van der Waals surface area (Å²) in [4.78, 5) is 11.9. The van der Waals surface area contributed by atoms with Gasteiger partial charge in [-0.05, 0) is 19.9 Å². The molecule has 0 bridgehead atoms. The molecule has 108 valence electrons. The van der Waals surface area contributed by atoms with E-state index < -0.39 is 0 Å². The standard InChI is InChI=1S/C13H19N5O2/c1-10(2)17-5-3-11(16-17)9-18-13(19)7-12(8-15-18)20-6-4-14/h3,5,7-8,10H,4,6,9,14H2,1-2H3. The lowest BCUT2D eigenvalue weighted by Gasteiger charge is -2.06. The van der Waals surface area contributed by atoms with Crippen LogP contribution in [0.5, 0.6) is 5.75 Å². The van der Waals surface area contributed by atoms with Gasteiger partial charge in [-0.2, -0.15) is 10.2 Å². The summed E-state index contributed by atoms with van der Waals surface area (Å²) in [5, 5.41) is 8.46. The van der Waals surface area contributed by atoms with Gasteiger partial charge in [-0.15, -0.1) is 0 Å². The smallest absolute Gasteiger partial charge is 0.270 e. The van der Waals surface area contributed by atoms with E-state index in [9.17, 15) is 4.79 Å². The molecule has 7 heteroatoms. The fourth-order valence-corrected chi connectivity index (χ4v) is 1.69. The fraction of sp³-hybridized carbons (Fsp3) is 0.462. The van der Waals surface area contributed by atoms with E-state index in [-0.39, 0.29) is 5.56 Å². The van der Waals surface area contributed by atoms with E-state index in [0.29, 0.717) is 31.5 Å². The van der Waals surface area contributed by atoms with Crippen molar-refractivity contribution in [2.45, 2.75) is 26.4 Å². The van der Waals surface area contributed by atoms with Gasteiger partial charge in [0, 0.05) is 24.8 Å². The van der Waals surface area contributed by atoms with E-state index in [1.165, 1.54) is 16.9 Å². The zero-order valence-electron chi connectivity index (χ0n) is 11.7. The molecule has 0 aliphatic carbocycles. The number of ether oxygens (including phenoxy) is 1. The first kappa shape index (κ1) is 14.3. The fourth-order valence-electron chi connectivity index (χ4n) is 1.69. The molecule has 20 heavy (non-hydrogen) atoms. The van der Waals surface area contributed by atoms with Gasteiger partial charge < -0.3 is 10.5 Å². The lowest BCUT2D eigenvalue weighted by molar-refractivity contribution is 0.324. The largest absolute Gasteiger partial charge is 0.490 e. The van der Waals surface area contributed by atoms with Crippen LogP contribution in [-0.4, -0.2) is 32.7 Å². The molecule has 2 N–H and O–H groups in total. The maximum Gasteiger partial charge on any atom is 0.270 e. The summed E-state index contributed by atoms with van der Waals surface area (Å²) < 4.78 is 8.45. The van der Waals surface area contributed by atoms with E-state index in [4.69, 9.17) is 10.5 Å². The minimum absolute atomic E-state index is 0.224. The Hall–Kier alpha value is -2.15. The van der Waals surface area contributed by atoms with Gasteiger partial charge in [-0.25, -0.2) is 4.68 Å². The summed E-state index contributed by atoms with van der Waals surface area (Å²) in [6.45, 7) is 5.20. The highest BCUT2D eigenvalue weighted by Gasteiger charge is 2.06. The van der Waals surface area contributed by atoms with Gasteiger partial charge in [-0.1, -0.05) is 0 Å². The van der Waals surface area contributed by atoms with Crippen LogP contribution in [0.2, 0.25) is 0 Å². The predicted octanol–water partition coefficient (Wildman–Crippen LogP) is 0.407. The molecule has 0 saturated carbocycles. The van der Waals surface area contributed by atoms with Gasteiger partial charge in [0.1, 0.15) is 12.4 Å². The Morgan fingerprint density at radius 2 is 2.25 bits per heavy atom. The monoisotopic (exact) mass is 277 g/mol. The van der Waals surface area contributed by atoms with Crippen molar-refractivity contribution in [1.29, 1.82) is 0 Å². The normalized spacial score (nSPS) is 11.0. The number of nitrogens with zero attached hydrogens (tertiary/aromatic N) is 4.